The molecule has 18 heavy (non-hydrogen) atoms. The molecule has 0 saturated carbocycles. The lowest BCUT2D eigenvalue weighted by Gasteiger charge is -2.21. The topological polar surface area (TPSA) is 21.3 Å². The van der Waals surface area contributed by atoms with E-state index in [9.17, 15) is 0 Å². The summed E-state index contributed by atoms with van der Waals surface area (Å²) in [6, 6.07) is 8.85. The molecule has 1 rings (SSSR count). The molecule has 0 fully saturated rings. The first-order valence-electron chi connectivity index (χ1n) is 7.00. The average molecular weight is 249 g/mol. The van der Waals surface area contributed by atoms with Crippen LogP contribution >= 0.6 is 0 Å². The molecule has 0 saturated heterocycles. The molecule has 0 radical (unpaired) electrons. The van der Waals surface area contributed by atoms with Gasteiger partial charge in [-0.15, -0.1) is 0 Å². The van der Waals surface area contributed by atoms with E-state index in [0.29, 0.717) is 6.04 Å². The Kier molecular flexibility index (Phi) is 6.20. The van der Waals surface area contributed by atoms with Gasteiger partial charge in [0.1, 0.15) is 5.75 Å². The van der Waals surface area contributed by atoms with Crippen molar-refractivity contribution in [2.45, 2.75) is 52.7 Å². The van der Waals surface area contributed by atoms with E-state index in [1.807, 2.05) is 13.1 Å². The second-order valence-electron chi connectivity index (χ2n) is 5.33. The molecule has 1 aromatic rings. The van der Waals surface area contributed by atoms with E-state index < -0.39 is 0 Å². The van der Waals surface area contributed by atoms with Crippen LogP contribution in [0.5, 0.6) is 5.75 Å². The summed E-state index contributed by atoms with van der Waals surface area (Å²) < 4.78 is 5.75. The van der Waals surface area contributed by atoms with Crippen molar-refractivity contribution >= 4 is 0 Å². The van der Waals surface area contributed by atoms with E-state index in [2.05, 4.69) is 51.2 Å². The highest BCUT2D eigenvalue weighted by Crippen LogP contribution is 2.25. The van der Waals surface area contributed by atoms with Crippen molar-refractivity contribution in [2.24, 2.45) is 5.92 Å². The first-order chi connectivity index (χ1) is 8.56. The van der Waals surface area contributed by atoms with Crippen molar-refractivity contribution in [1.82, 2.24) is 5.32 Å². The largest absolute Gasteiger partial charge is 0.491 e. The quantitative estimate of drug-likeness (QED) is 0.783. The molecule has 0 aliphatic carbocycles. The Balaban J connectivity index is 2.79. The number of benzene rings is 1. The summed E-state index contributed by atoms with van der Waals surface area (Å²) in [6.45, 7) is 8.66. The molecule has 0 aliphatic rings. The fourth-order valence-electron chi connectivity index (χ4n) is 2.07. The van der Waals surface area contributed by atoms with E-state index in [0.717, 1.165) is 18.1 Å². The number of hydrogen-bond acceptors (Lipinski definition) is 2. The van der Waals surface area contributed by atoms with Crippen LogP contribution in [0.25, 0.3) is 0 Å². The molecular weight excluding hydrogens is 222 g/mol. The van der Waals surface area contributed by atoms with Crippen molar-refractivity contribution in [2.75, 3.05) is 7.05 Å². The van der Waals surface area contributed by atoms with Gasteiger partial charge in [-0.05, 0) is 50.9 Å². The Morgan fingerprint density at radius 3 is 2.50 bits per heavy atom. The van der Waals surface area contributed by atoms with Gasteiger partial charge in [-0.25, -0.2) is 0 Å². The summed E-state index contributed by atoms with van der Waals surface area (Å²) in [5.41, 5.74) is 1.32. The van der Waals surface area contributed by atoms with E-state index >= 15 is 0 Å². The molecule has 2 heteroatoms. The fourth-order valence-corrected chi connectivity index (χ4v) is 2.07. The summed E-state index contributed by atoms with van der Waals surface area (Å²) >= 11 is 0. The molecule has 0 bridgehead atoms. The van der Waals surface area contributed by atoms with E-state index in [1.165, 1.54) is 12.0 Å². The molecule has 1 aromatic carbocycles. The maximum Gasteiger partial charge on any atom is 0.120 e. The van der Waals surface area contributed by atoms with Gasteiger partial charge in [0.25, 0.3) is 0 Å². The summed E-state index contributed by atoms with van der Waals surface area (Å²) in [6.07, 6.45) is 2.61. The highest BCUT2D eigenvalue weighted by Gasteiger charge is 2.13. The van der Waals surface area contributed by atoms with Gasteiger partial charge in [-0.1, -0.05) is 32.4 Å². The predicted molar refractivity (Wildman–Crippen MR) is 78.1 cm³/mol. The van der Waals surface area contributed by atoms with Gasteiger partial charge in [0.05, 0.1) is 6.10 Å². The number of ether oxygens (including phenoxy) is 1. The van der Waals surface area contributed by atoms with Crippen molar-refractivity contribution in [3.05, 3.63) is 29.8 Å². The molecule has 2 atom stereocenters. The lowest BCUT2D eigenvalue weighted by Crippen LogP contribution is -2.19. The summed E-state index contributed by atoms with van der Waals surface area (Å²) in [7, 11) is 2.03. The first-order valence-corrected chi connectivity index (χ1v) is 7.00. The highest BCUT2D eigenvalue weighted by molar-refractivity contribution is 5.30. The maximum atomic E-state index is 5.75. The summed E-state index contributed by atoms with van der Waals surface area (Å²) in [4.78, 5) is 0. The smallest absolute Gasteiger partial charge is 0.120 e. The molecule has 2 nitrogen and oxygen atoms in total. The molecule has 0 heterocycles. The van der Waals surface area contributed by atoms with Crippen LogP contribution in [0.1, 0.15) is 52.1 Å². The zero-order valence-corrected chi connectivity index (χ0v) is 12.4. The van der Waals surface area contributed by atoms with E-state index in [-0.39, 0.29) is 6.10 Å². The van der Waals surface area contributed by atoms with Gasteiger partial charge in [0, 0.05) is 6.04 Å². The first kappa shape index (κ1) is 15.0. The molecule has 1 N–H and O–H groups in total. The minimum absolute atomic E-state index is 0.225. The Morgan fingerprint density at radius 2 is 1.94 bits per heavy atom. The molecule has 2 unspecified atom stereocenters. The lowest BCUT2D eigenvalue weighted by molar-refractivity contribution is 0.242. The third kappa shape index (κ3) is 4.69. The lowest BCUT2D eigenvalue weighted by atomic mass is 9.94. The highest BCUT2D eigenvalue weighted by atomic mass is 16.5. The zero-order valence-electron chi connectivity index (χ0n) is 12.4. The number of hydrogen-bond donors (Lipinski definition) is 1. The van der Waals surface area contributed by atoms with Gasteiger partial charge in [-0.2, -0.15) is 0 Å². The average Bonchev–Trinajstić information content (AvgIpc) is 2.35. The monoisotopic (exact) mass is 249 g/mol. The van der Waals surface area contributed by atoms with Crippen LogP contribution in [-0.4, -0.2) is 13.2 Å². The van der Waals surface area contributed by atoms with Crippen LogP contribution in [0.15, 0.2) is 24.3 Å². The standard InChI is InChI=1S/C16H27NO/c1-6-13(4)10-16(17-5)14-8-7-9-15(11-14)18-12(2)3/h7-9,11-13,16-17H,6,10H2,1-5H3. The van der Waals surface area contributed by atoms with Gasteiger partial charge in [-0.3, -0.25) is 0 Å². The SMILES string of the molecule is CCC(C)CC(NC)c1cccc(OC(C)C)c1. The molecular formula is C16H27NO. The zero-order chi connectivity index (χ0) is 13.5. The Labute approximate surface area is 112 Å². The van der Waals surface area contributed by atoms with Crippen molar-refractivity contribution in [3.8, 4) is 5.75 Å². The number of rotatable bonds is 7. The van der Waals surface area contributed by atoms with Crippen LogP contribution < -0.4 is 10.1 Å². The molecule has 0 aromatic heterocycles. The Hall–Kier alpha value is -1.02. The minimum atomic E-state index is 0.225. The maximum absolute atomic E-state index is 5.75. The van der Waals surface area contributed by atoms with Gasteiger partial charge >= 0.3 is 0 Å². The van der Waals surface area contributed by atoms with Crippen molar-refractivity contribution < 1.29 is 4.74 Å². The Bertz CT molecular complexity index is 349. The van der Waals surface area contributed by atoms with Gasteiger partial charge in [0.15, 0.2) is 0 Å². The predicted octanol–water partition coefficient (Wildman–Crippen LogP) is 4.17. The Morgan fingerprint density at radius 1 is 1.22 bits per heavy atom. The van der Waals surface area contributed by atoms with E-state index in [1.54, 1.807) is 0 Å². The third-order valence-electron chi connectivity index (χ3n) is 3.32. The molecule has 0 aliphatic heterocycles. The minimum Gasteiger partial charge on any atom is -0.491 e. The normalized spacial score (nSPS) is 14.6. The van der Waals surface area contributed by atoms with Gasteiger partial charge in [0.2, 0.25) is 0 Å². The number of nitrogens with one attached hydrogen (secondary N) is 1. The second-order valence-corrected chi connectivity index (χ2v) is 5.33. The fraction of sp³-hybridized carbons (Fsp3) is 0.625. The van der Waals surface area contributed by atoms with Crippen LogP contribution in [0, 0.1) is 5.92 Å². The van der Waals surface area contributed by atoms with Crippen LogP contribution in [0.3, 0.4) is 0 Å². The molecule has 102 valence electrons. The van der Waals surface area contributed by atoms with Gasteiger partial charge < -0.3 is 10.1 Å². The van der Waals surface area contributed by atoms with Crippen molar-refractivity contribution in [3.63, 3.8) is 0 Å². The second kappa shape index (κ2) is 7.42. The van der Waals surface area contributed by atoms with Crippen LogP contribution in [-0.2, 0) is 0 Å². The molecule has 0 amide bonds. The van der Waals surface area contributed by atoms with Crippen molar-refractivity contribution in [1.29, 1.82) is 0 Å². The summed E-state index contributed by atoms with van der Waals surface area (Å²) in [5.74, 6) is 1.70. The summed E-state index contributed by atoms with van der Waals surface area (Å²) in [5, 5.41) is 3.41. The van der Waals surface area contributed by atoms with Crippen LogP contribution in [0.2, 0.25) is 0 Å². The molecule has 0 spiro atoms. The van der Waals surface area contributed by atoms with E-state index in [4.69, 9.17) is 4.74 Å². The van der Waals surface area contributed by atoms with Crippen LogP contribution in [0.4, 0.5) is 0 Å². The third-order valence-corrected chi connectivity index (χ3v) is 3.32.